The lowest BCUT2D eigenvalue weighted by Crippen LogP contribution is -2.23. The van der Waals surface area contributed by atoms with Gasteiger partial charge in [0.05, 0.1) is 6.54 Å². The highest BCUT2D eigenvalue weighted by Gasteiger charge is 2.10. The molecule has 0 aromatic carbocycles. The molecule has 0 aliphatic carbocycles. The number of carbonyl (C=O) groups excluding carboxylic acids is 1. The van der Waals surface area contributed by atoms with Crippen LogP contribution in [0.4, 0.5) is 5.82 Å². The lowest BCUT2D eigenvalue weighted by atomic mass is 10.2. The van der Waals surface area contributed by atoms with Gasteiger partial charge >= 0.3 is 0 Å². The van der Waals surface area contributed by atoms with Crippen LogP contribution < -0.4 is 5.32 Å². The van der Waals surface area contributed by atoms with Crippen molar-refractivity contribution in [1.82, 2.24) is 15.1 Å². The molecule has 0 aliphatic heterocycles. The van der Waals surface area contributed by atoms with Crippen LogP contribution in [-0.4, -0.2) is 35.1 Å². The van der Waals surface area contributed by atoms with E-state index >= 15 is 0 Å². The van der Waals surface area contributed by atoms with Gasteiger partial charge in [0.2, 0.25) is 0 Å². The van der Waals surface area contributed by atoms with E-state index < -0.39 is 0 Å². The Morgan fingerprint density at radius 1 is 1.30 bits per heavy atom. The molecule has 1 amide bonds. The van der Waals surface area contributed by atoms with Crippen LogP contribution in [0.15, 0.2) is 23.6 Å². The molecule has 2 aromatic heterocycles. The monoisotopic (exact) mass is 290 g/mol. The fourth-order valence-electron chi connectivity index (χ4n) is 1.78. The molecule has 6 heteroatoms. The summed E-state index contributed by atoms with van der Waals surface area (Å²) in [5.74, 6) is 0.534. The molecule has 2 rings (SSSR count). The van der Waals surface area contributed by atoms with Crippen molar-refractivity contribution in [2.45, 2.75) is 19.9 Å². The van der Waals surface area contributed by atoms with E-state index in [0.717, 1.165) is 13.0 Å². The molecule has 0 saturated carbocycles. The molecule has 106 valence electrons. The van der Waals surface area contributed by atoms with Crippen molar-refractivity contribution in [2.24, 2.45) is 0 Å². The van der Waals surface area contributed by atoms with Gasteiger partial charge in [-0.25, -0.2) is 0 Å². The second-order valence-electron chi connectivity index (χ2n) is 4.58. The van der Waals surface area contributed by atoms with Crippen LogP contribution in [0.3, 0.4) is 0 Å². The Balaban J connectivity index is 1.99. The summed E-state index contributed by atoms with van der Waals surface area (Å²) < 4.78 is 0. The Kier molecular flexibility index (Phi) is 4.68. The first-order chi connectivity index (χ1) is 9.61. The third-order valence-corrected chi connectivity index (χ3v) is 3.90. The number of nitrogens with zero attached hydrogens (tertiary/aromatic N) is 3. The van der Waals surface area contributed by atoms with Crippen molar-refractivity contribution in [3.8, 4) is 0 Å². The fourth-order valence-corrected chi connectivity index (χ4v) is 2.69. The van der Waals surface area contributed by atoms with Gasteiger partial charge in [-0.2, -0.15) is 0 Å². The van der Waals surface area contributed by atoms with E-state index in [1.165, 1.54) is 15.3 Å². The first kappa shape index (κ1) is 14.5. The maximum absolute atomic E-state index is 11.7. The molecule has 0 spiro atoms. The SMILES string of the molecule is CCc1ccsc1CNc1ccc(C(=O)N(C)C)nn1. The Morgan fingerprint density at radius 2 is 2.10 bits per heavy atom. The third-order valence-electron chi connectivity index (χ3n) is 2.94. The maximum atomic E-state index is 11.7. The smallest absolute Gasteiger partial charge is 0.273 e. The van der Waals surface area contributed by atoms with E-state index in [1.54, 1.807) is 37.6 Å². The van der Waals surface area contributed by atoms with Gasteiger partial charge in [0, 0.05) is 19.0 Å². The van der Waals surface area contributed by atoms with Crippen LogP contribution in [0.5, 0.6) is 0 Å². The van der Waals surface area contributed by atoms with E-state index in [4.69, 9.17) is 0 Å². The molecule has 0 atom stereocenters. The Labute approximate surface area is 122 Å². The zero-order valence-corrected chi connectivity index (χ0v) is 12.7. The Hall–Kier alpha value is -1.95. The van der Waals surface area contributed by atoms with E-state index in [9.17, 15) is 4.79 Å². The number of anilines is 1. The van der Waals surface area contributed by atoms with Crippen LogP contribution >= 0.6 is 11.3 Å². The summed E-state index contributed by atoms with van der Waals surface area (Å²) in [6.45, 7) is 2.88. The fraction of sp³-hybridized carbons (Fsp3) is 0.357. The van der Waals surface area contributed by atoms with Crippen LogP contribution in [-0.2, 0) is 13.0 Å². The summed E-state index contributed by atoms with van der Waals surface area (Å²) in [6.07, 6.45) is 1.03. The summed E-state index contributed by atoms with van der Waals surface area (Å²) in [4.78, 5) is 14.5. The quantitative estimate of drug-likeness (QED) is 0.918. The van der Waals surface area contributed by atoms with Crippen molar-refractivity contribution in [3.63, 3.8) is 0 Å². The van der Waals surface area contributed by atoms with Crippen molar-refractivity contribution in [3.05, 3.63) is 39.7 Å². The predicted molar refractivity (Wildman–Crippen MR) is 81.1 cm³/mol. The number of hydrogen-bond donors (Lipinski definition) is 1. The zero-order chi connectivity index (χ0) is 14.5. The summed E-state index contributed by atoms with van der Waals surface area (Å²) in [6, 6.07) is 5.61. The van der Waals surface area contributed by atoms with E-state index in [0.29, 0.717) is 11.5 Å². The summed E-state index contributed by atoms with van der Waals surface area (Å²) in [7, 11) is 3.39. The molecular formula is C14H18N4OS. The molecule has 0 radical (unpaired) electrons. The molecular weight excluding hydrogens is 272 g/mol. The normalized spacial score (nSPS) is 10.3. The molecule has 2 heterocycles. The molecule has 20 heavy (non-hydrogen) atoms. The van der Waals surface area contributed by atoms with E-state index in [-0.39, 0.29) is 5.91 Å². The summed E-state index contributed by atoms with van der Waals surface area (Å²) in [5.41, 5.74) is 1.71. The third kappa shape index (κ3) is 3.33. The summed E-state index contributed by atoms with van der Waals surface area (Å²) in [5, 5.41) is 13.3. The Bertz CT molecular complexity index is 577. The van der Waals surface area contributed by atoms with Gasteiger partial charge in [-0.3, -0.25) is 4.79 Å². The Morgan fingerprint density at radius 3 is 2.70 bits per heavy atom. The minimum Gasteiger partial charge on any atom is -0.364 e. The summed E-state index contributed by atoms with van der Waals surface area (Å²) >= 11 is 1.73. The largest absolute Gasteiger partial charge is 0.364 e. The average molecular weight is 290 g/mol. The highest BCUT2D eigenvalue weighted by molar-refractivity contribution is 7.10. The number of aryl methyl sites for hydroxylation is 1. The van der Waals surface area contributed by atoms with Crippen LogP contribution in [0, 0.1) is 0 Å². The number of thiophene rings is 1. The number of rotatable bonds is 5. The van der Waals surface area contributed by atoms with Gasteiger partial charge in [-0.15, -0.1) is 21.5 Å². The van der Waals surface area contributed by atoms with Gasteiger partial charge in [-0.1, -0.05) is 6.92 Å². The second kappa shape index (κ2) is 6.47. The molecule has 0 aliphatic rings. The number of amides is 1. The number of carbonyl (C=O) groups is 1. The van der Waals surface area contributed by atoms with E-state index in [1.807, 2.05) is 0 Å². The predicted octanol–water partition coefficient (Wildman–Crippen LogP) is 2.41. The minimum absolute atomic E-state index is 0.143. The van der Waals surface area contributed by atoms with Crippen molar-refractivity contribution in [2.75, 3.05) is 19.4 Å². The maximum Gasteiger partial charge on any atom is 0.273 e. The molecule has 5 nitrogen and oxygen atoms in total. The molecule has 0 fully saturated rings. The van der Waals surface area contributed by atoms with Gasteiger partial charge < -0.3 is 10.2 Å². The average Bonchev–Trinajstić information content (AvgIpc) is 2.92. The van der Waals surface area contributed by atoms with Crippen LogP contribution in [0.2, 0.25) is 0 Å². The number of aromatic nitrogens is 2. The molecule has 0 saturated heterocycles. The lowest BCUT2D eigenvalue weighted by molar-refractivity contribution is 0.0821. The molecule has 2 aromatic rings. The van der Waals surface area contributed by atoms with Gasteiger partial charge in [0.1, 0.15) is 5.82 Å². The second-order valence-corrected chi connectivity index (χ2v) is 5.58. The minimum atomic E-state index is -0.143. The first-order valence-electron chi connectivity index (χ1n) is 6.46. The first-order valence-corrected chi connectivity index (χ1v) is 7.34. The van der Waals surface area contributed by atoms with E-state index in [2.05, 4.69) is 33.9 Å². The van der Waals surface area contributed by atoms with Crippen molar-refractivity contribution in [1.29, 1.82) is 0 Å². The van der Waals surface area contributed by atoms with Gasteiger partial charge in [0.15, 0.2) is 5.69 Å². The molecule has 0 unspecified atom stereocenters. The highest BCUT2D eigenvalue weighted by atomic mass is 32.1. The topological polar surface area (TPSA) is 58.1 Å². The molecule has 0 bridgehead atoms. The highest BCUT2D eigenvalue weighted by Crippen LogP contribution is 2.18. The van der Waals surface area contributed by atoms with Crippen molar-refractivity contribution >= 4 is 23.1 Å². The van der Waals surface area contributed by atoms with Gasteiger partial charge in [-0.05, 0) is 35.6 Å². The van der Waals surface area contributed by atoms with Gasteiger partial charge in [0.25, 0.3) is 5.91 Å². The zero-order valence-electron chi connectivity index (χ0n) is 11.9. The standard InChI is InChI=1S/C14H18N4OS/c1-4-10-7-8-20-12(10)9-15-13-6-5-11(16-17-13)14(19)18(2)3/h5-8H,4,9H2,1-3H3,(H,15,17). The van der Waals surface area contributed by atoms with Crippen LogP contribution in [0.1, 0.15) is 27.9 Å². The number of nitrogens with one attached hydrogen (secondary N) is 1. The number of hydrogen-bond acceptors (Lipinski definition) is 5. The lowest BCUT2D eigenvalue weighted by Gasteiger charge is -2.09. The van der Waals surface area contributed by atoms with Crippen LogP contribution in [0.25, 0.3) is 0 Å². The van der Waals surface area contributed by atoms with Crippen molar-refractivity contribution < 1.29 is 4.79 Å². The molecule has 1 N–H and O–H groups in total.